The molecule has 0 spiro atoms. The van der Waals surface area contributed by atoms with Gasteiger partial charge in [0.2, 0.25) is 15.9 Å². The van der Waals surface area contributed by atoms with Crippen LogP contribution in [0.3, 0.4) is 0 Å². The van der Waals surface area contributed by atoms with E-state index >= 15 is 0 Å². The van der Waals surface area contributed by atoms with Gasteiger partial charge in [0.05, 0.1) is 11.3 Å². The van der Waals surface area contributed by atoms with Gasteiger partial charge in [-0.3, -0.25) is 4.79 Å². The molecule has 1 amide bonds. The van der Waals surface area contributed by atoms with Crippen molar-refractivity contribution < 1.29 is 23.1 Å². The maximum atomic E-state index is 12.6. The first-order valence-electron chi connectivity index (χ1n) is 9.01. The maximum Gasteiger partial charge on any atom is 0.326 e. The average Bonchev–Trinajstić information content (AvgIpc) is 3.13. The average molecular weight is 380 g/mol. The fraction of sp³-hybridized carbons (Fsp3) is 0.556. The molecular weight excluding hydrogens is 356 g/mol. The summed E-state index contributed by atoms with van der Waals surface area (Å²) < 4.78 is 26.8. The van der Waals surface area contributed by atoms with Gasteiger partial charge in [-0.15, -0.1) is 0 Å². The van der Waals surface area contributed by atoms with Crippen LogP contribution in [0.2, 0.25) is 0 Å². The third-order valence-electron chi connectivity index (χ3n) is 5.09. The first kappa shape index (κ1) is 18.8. The number of nitrogens with zero attached hydrogens (tertiary/aromatic N) is 2. The molecule has 3 rings (SSSR count). The summed E-state index contributed by atoms with van der Waals surface area (Å²) >= 11 is 0. The number of carboxylic acids is 1. The van der Waals surface area contributed by atoms with Crippen molar-refractivity contribution in [3.05, 3.63) is 29.8 Å². The fourth-order valence-electron chi connectivity index (χ4n) is 3.63. The van der Waals surface area contributed by atoms with Crippen LogP contribution in [-0.4, -0.2) is 60.3 Å². The topological polar surface area (TPSA) is 95.0 Å². The number of amides is 1. The Hall–Kier alpha value is -1.93. The van der Waals surface area contributed by atoms with Crippen molar-refractivity contribution in [3.8, 4) is 0 Å². The predicted octanol–water partition coefficient (Wildman–Crippen LogP) is 1.48. The van der Waals surface area contributed by atoms with Crippen LogP contribution in [0.25, 0.3) is 0 Å². The number of aliphatic carboxylic acids is 1. The van der Waals surface area contributed by atoms with Gasteiger partial charge >= 0.3 is 5.97 Å². The van der Waals surface area contributed by atoms with Gasteiger partial charge in [-0.05, 0) is 43.4 Å². The number of hydrogen-bond acceptors (Lipinski definition) is 4. The monoisotopic (exact) mass is 380 g/mol. The van der Waals surface area contributed by atoms with Crippen LogP contribution >= 0.6 is 0 Å². The first-order valence-corrected chi connectivity index (χ1v) is 10.4. The number of carboxylic acid groups (broad SMARTS) is 1. The highest BCUT2D eigenvalue weighted by atomic mass is 32.2. The molecule has 0 radical (unpaired) electrons. The molecule has 1 aromatic rings. The molecule has 2 aliphatic heterocycles. The Labute approximate surface area is 153 Å². The van der Waals surface area contributed by atoms with Gasteiger partial charge in [0.1, 0.15) is 6.04 Å². The van der Waals surface area contributed by atoms with Crippen LogP contribution in [0.1, 0.15) is 37.7 Å². The third-order valence-corrected chi connectivity index (χ3v) is 7.00. The molecule has 2 heterocycles. The molecular formula is C18H24N2O5S. The lowest BCUT2D eigenvalue weighted by atomic mass is 10.1. The Morgan fingerprint density at radius 1 is 1.00 bits per heavy atom. The van der Waals surface area contributed by atoms with Crippen molar-refractivity contribution in [2.75, 3.05) is 19.6 Å². The molecule has 142 valence electrons. The van der Waals surface area contributed by atoms with Crippen LogP contribution in [0, 0.1) is 0 Å². The van der Waals surface area contributed by atoms with Crippen LogP contribution in [-0.2, 0) is 26.0 Å². The largest absolute Gasteiger partial charge is 0.480 e. The number of benzene rings is 1. The van der Waals surface area contributed by atoms with Gasteiger partial charge in [-0.1, -0.05) is 18.6 Å². The highest BCUT2D eigenvalue weighted by molar-refractivity contribution is 7.89. The number of rotatable bonds is 5. The minimum atomic E-state index is -3.48. The standard InChI is InChI=1S/C18H24N2O5S/c21-17(20-12-4-5-16(20)18(22)23)13-14-6-8-15(9-7-14)26(24,25)19-10-2-1-3-11-19/h6-9,16H,1-5,10-13H2,(H,22,23). The Morgan fingerprint density at radius 2 is 1.65 bits per heavy atom. The summed E-state index contributed by atoms with van der Waals surface area (Å²) in [6.45, 7) is 1.55. The van der Waals surface area contributed by atoms with E-state index in [4.69, 9.17) is 0 Å². The summed E-state index contributed by atoms with van der Waals surface area (Å²) in [5.41, 5.74) is 0.684. The Balaban J connectivity index is 1.68. The van der Waals surface area contributed by atoms with Gasteiger partial charge in [-0.25, -0.2) is 13.2 Å². The zero-order valence-corrected chi connectivity index (χ0v) is 15.5. The van der Waals surface area contributed by atoms with E-state index in [9.17, 15) is 23.1 Å². The smallest absolute Gasteiger partial charge is 0.326 e. The quantitative estimate of drug-likeness (QED) is 0.835. The Kier molecular flexibility index (Phi) is 5.62. The minimum Gasteiger partial charge on any atom is -0.480 e. The van der Waals surface area contributed by atoms with Crippen molar-refractivity contribution in [2.24, 2.45) is 0 Å². The molecule has 0 aromatic heterocycles. The normalized spacial score (nSPS) is 21.7. The third kappa shape index (κ3) is 3.91. The molecule has 0 bridgehead atoms. The van der Waals surface area contributed by atoms with Crippen molar-refractivity contribution in [2.45, 2.75) is 49.5 Å². The van der Waals surface area contributed by atoms with Gasteiger partial charge in [0, 0.05) is 19.6 Å². The van der Waals surface area contributed by atoms with E-state index in [0.29, 0.717) is 38.0 Å². The number of likely N-dealkylation sites (tertiary alicyclic amines) is 1. The van der Waals surface area contributed by atoms with E-state index in [1.54, 1.807) is 12.1 Å². The van der Waals surface area contributed by atoms with Gasteiger partial charge < -0.3 is 10.0 Å². The molecule has 7 nitrogen and oxygen atoms in total. The van der Waals surface area contributed by atoms with E-state index in [0.717, 1.165) is 19.3 Å². The SMILES string of the molecule is O=C(O)C1CCCN1C(=O)Cc1ccc(S(=O)(=O)N2CCCCC2)cc1. The zero-order valence-electron chi connectivity index (χ0n) is 14.6. The summed E-state index contributed by atoms with van der Waals surface area (Å²) in [6.07, 6.45) is 4.07. The second-order valence-corrected chi connectivity index (χ2v) is 8.81. The number of carbonyl (C=O) groups excluding carboxylic acids is 1. The van der Waals surface area contributed by atoms with E-state index < -0.39 is 22.0 Å². The van der Waals surface area contributed by atoms with E-state index in [-0.39, 0.29) is 17.2 Å². The number of sulfonamides is 1. The second kappa shape index (κ2) is 7.75. The van der Waals surface area contributed by atoms with Crippen molar-refractivity contribution in [3.63, 3.8) is 0 Å². The van der Waals surface area contributed by atoms with Gasteiger partial charge in [-0.2, -0.15) is 4.31 Å². The highest BCUT2D eigenvalue weighted by Crippen LogP contribution is 2.22. The number of carbonyl (C=O) groups is 2. The summed E-state index contributed by atoms with van der Waals surface area (Å²) in [5, 5.41) is 9.18. The summed E-state index contributed by atoms with van der Waals surface area (Å²) in [6, 6.07) is 5.60. The number of piperidine rings is 1. The van der Waals surface area contributed by atoms with Crippen molar-refractivity contribution in [1.82, 2.24) is 9.21 Å². The van der Waals surface area contributed by atoms with Crippen molar-refractivity contribution >= 4 is 21.9 Å². The van der Waals surface area contributed by atoms with E-state index in [2.05, 4.69) is 0 Å². The zero-order chi connectivity index (χ0) is 18.7. The fourth-order valence-corrected chi connectivity index (χ4v) is 5.15. The predicted molar refractivity (Wildman–Crippen MR) is 95.1 cm³/mol. The first-order chi connectivity index (χ1) is 12.4. The van der Waals surface area contributed by atoms with E-state index in [1.165, 1.54) is 21.3 Å². The molecule has 2 fully saturated rings. The van der Waals surface area contributed by atoms with Gasteiger partial charge in [0.25, 0.3) is 0 Å². The highest BCUT2D eigenvalue weighted by Gasteiger charge is 2.33. The number of hydrogen-bond donors (Lipinski definition) is 1. The second-order valence-electron chi connectivity index (χ2n) is 6.87. The maximum absolute atomic E-state index is 12.6. The van der Waals surface area contributed by atoms with Crippen LogP contribution in [0.4, 0.5) is 0 Å². The molecule has 0 saturated carbocycles. The molecule has 1 aromatic carbocycles. The molecule has 2 saturated heterocycles. The molecule has 1 N–H and O–H groups in total. The van der Waals surface area contributed by atoms with E-state index in [1.807, 2.05) is 0 Å². The molecule has 26 heavy (non-hydrogen) atoms. The molecule has 1 unspecified atom stereocenters. The molecule has 1 atom stereocenters. The van der Waals surface area contributed by atoms with Crippen LogP contribution in [0.5, 0.6) is 0 Å². The van der Waals surface area contributed by atoms with Crippen molar-refractivity contribution in [1.29, 1.82) is 0 Å². The summed E-state index contributed by atoms with van der Waals surface area (Å²) in [7, 11) is -3.48. The molecule has 0 aliphatic carbocycles. The molecule has 8 heteroatoms. The lowest BCUT2D eigenvalue weighted by Gasteiger charge is -2.26. The lowest BCUT2D eigenvalue weighted by Crippen LogP contribution is -2.41. The van der Waals surface area contributed by atoms with Gasteiger partial charge in [0.15, 0.2) is 0 Å². The Bertz CT molecular complexity index is 769. The Morgan fingerprint density at radius 3 is 2.27 bits per heavy atom. The molecule has 2 aliphatic rings. The summed E-state index contributed by atoms with van der Waals surface area (Å²) in [5.74, 6) is -1.21. The minimum absolute atomic E-state index is 0.0772. The summed E-state index contributed by atoms with van der Waals surface area (Å²) in [4.78, 5) is 25.2. The van der Waals surface area contributed by atoms with Crippen LogP contribution in [0.15, 0.2) is 29.2 Å². The lowest BCUT2D eigenvalue weighted by molar-refractivity contribution is -0.148. The van der Waals surface area contributed by atoms with Crippen LogP contribution < -0.4 is 0 Å².